The molecule has 0 bridgehead atoms. The molecule has 228 valence electrons. The van der Waals surface area contributed by atoms with Gasteiger partial charge in [0.1, 0.15) is 11.8 Å². The SMILES string of the molecule is CCOC(=O)NC(=O)/C(C#N)=N\Nc1cc(Cl)c(Oc2ccc3c(c2)c(C(C)C)cn3S(=O)(=O)c2ccc(C)cc2)c(Cl)c1. The Hall–Kier alpha value is -4.57. The highest BCUT2D eigenvalue weighted by Crippen LogP contribution is 2.40. The molecule has 0 fully saturated rings. The molecular formula is C30H27Cl2N5O6S. The van der Waals surface area contributed by atoms with Crippen LogP contribution in [0.4, 0.5) is 10.5 Å². The fraction of sp³-hybridized carbons (Fsp3) is 0.200. The summed E-state index contributed by atoms with van der Waals surface area (Å²) in [5, 5.41) is 15.6. The van der Waals surface area contributed by atoms with Gasteiger partial charge in [0.15, 0.2) is 5.75 Å². The summed E-state index contributed by atoms with van der Waals surface area (Å²) in [6.45, 7) is 7.41. The number of hydrazone groups is 1. The lowest BCUT2D eigenvalue weighted by Crippen LogP contribution is -2.36. The third kappa shape index (κ3) is 6.97. The quantitative estimate of drug-likeness (QED) is 0.145. The number of benzene rings is 3. The van der Waals surface area contributed by atoms with Gasteiger partial charge in [0, 0.05) is 11.6 Å². The van der Waals surface area contributed by atoms with Gasteiger partial charge in [0.05, 0.1) is 32.8 Å². The summed E-state index contributed by atoms with van der Waals surface area (Å²) in [7, 11) is -3.86. The second kappa shape index (κ2) is 13.4. The van der Waals surface area contributed by atoms with Gasteiger partial charge in [-0.3, -0.25) is 15.5 Å². The van der Waals surface area contributed by atoms with Crippen molar-refractivity contribution >= 4 is 67.5 Å². The molecule has 44 heavy (non-hydrogen) atoms. The van der Waals surface area contributed by atoms with Crippen LogP contribution in [0.5, 0.6) is 11.5 Å². The number of nitrogens with one attached hydrogen (secondary N) is 2. The van der Waals surface area contributed by atoms with Crippen LogP contribution in [-0.2, 0) is 19.6 Å². The largest absolute Gasteiger partial charge is 0.454 e. The van der Waals surface area contributed by atoms with Crippen molar-refractivity contribution in [1.82, 2.24) is 9.29 Å². The van der Waals surface area contributed by atoms with E-state index < -0.39 is 27.7 Å². The zero-order valence-electron chi connectivity index (χ0n) is 24.0. The number of halogens is 2. The fourth-order valence-corrected chi connectivity index (χ4v) is 6.10. The minimum Gasteiger partial charge on any atom is -0.454 e. The summed E-state index contributed by atoms with van der Waals surface area (Å²) in [6.07, 6.45) is 0.605. The number of nitriles is 1. The summed E-state index contributed by atoms with van der Waals surface area (Å²) >= 11 is 12.9. The second-order valence-electron chi connectivity index (χ2n) is 9.76. The van der Waals surface area contributed by atoms with Crippen molar-refractivity contribution in [2.75, 3.05) is 12.0 Å². The van der Waals surface area contributed by atoms with Crippen molar-refractivity contribution in [3.05, 3.63) is 82.0 Å². The molecule has 3 aromatic carbocycles. The molecule has 0 spiro atoms. The highest BCUT2D eigenvalue weighted by molar-refractivity contribution is 7.90. The summed E-state index contributed by atoms with van der Waals surface area (Å²) < 4.78 is 39.0. The summed E-state index contributed by atoms with van der Waals surface area (Å²) in [6, 6.07) is 16.0. The smallest absolute Gasteiger partial charge is 0.414 e. The highest BCUT2D eigenvalue weighted by atomic mass is 35.5. The third-order valence-electron chi connectivity index (χ3n) is 6.30. The van der Waals surface area contributed by atoms with E-state index in [0.717, 1.165) is 11.1 Å². The van der Waals surface area contributed by atoms with Gasteiger partial charge in [-0.2, -0.15) is 10.4 Å². The van der Waals surface area contributed by atoms with Gasteiger partial charge < -0.3 is 9.47 Å². The van der Waals surface area contributed by atoms with E-state index in [1.807, 2.05) is 26.1 Å². The van der Waals surface area contributed by atoms with Crippen molar-refractivity contribution in [1.29, 1.82) is 5.26 Å². The number of carbonyl (C=O) groups excluding carboxylic acids is 2. The molecule has 0 saturated heterocycles. The Balaban J connectivity index is 1.62. The minimum absolute atomic E-state index is 0.00187. The molecule has 2 amide bonds. The number of imide groups is 1. The van der Waals surface area contributed by atoms with E-state index in [2.05, 4.69) is 15.3 Å². The van der Waals surface area contributed by atoms with Gasteiger partial charge in [0.25, 0.3) is 15.9 Å². The van der Waals surface area contributed by atoms with E-state index >= 15 is 0 Å². The molecule has 2 N–H and O–H groups in total. The van der Waals surface area contributed by atoms with Crippen LogP contribution in [-0.4, -0.2) is 36.7 Å². The maximum absolute atomic E-state index is 13.5. The Bertz CT molecular complexity index is 1910. The number of hydrogen-bond acceptors (Lipinski definition) is 9. The Labute approximate surface area is 264 Å². The number of amides is 2. The van der Waals surface area contributed by atoms with Crippen LogP contribution in [0.2, 0.25) is 10.0 Å². The van der Waals surface area contributed by atoms with Crippen LogP contribution in [0.15, 0.2) is 70.8 Å². The van der Waals surface area contributed by atoms with Crippen LogP contribution in [0.3, 0.4) is 0 Å². The number of ether oxygens (including phenoxy) is 2. The molecule has 1 aromatic heterocycles. The number of carbonyl (C=O) groups is 2. The van der Waals surface area contributed by atoms with Crippen LogP contribution in [0.1, 0.15) is 37.8 Å². The molecule has 0 unspecified atom stereocenters. The second-order valence-corrected chi connectivity index (χ2v) is 12.4. The molecule has 4 rings (SSSR count). The number of fused-ring (bicyclic) bond motifs is 1. The Kier molecular flexibility index (Phi) is 9.84. The van der Waals surface area contributed by atoms with Crippen LogP contribution in [0.25, 0.3) is 10.9 Å². The van der Waals surface area contributed by atoms with Crippen molar-refractivity contribution in [3.8, 4) is 17.6 Å². The molecule has 0 saturated carbocycles. The Morgan fingerprint density at radius 1 is 1.07 bits per heavy atom. The number of anilines is 1. The zero-order chi connectivity index (χ0) is 32.2. The molecule has 4 aromatic rings. The van der Waals surface area contributed by atoms with Gasteiger partial charge in [0.2, 0.25) is 5.71 Å². The average Bonchev–Trinajstić information content (AvgIpc) is 3.36. The number of alkyl carbamates (subject to hydrolysis) is 1. The van der Waals surface area contributed by atoms with E-state index in [1.54, 1.807) is 61.7 Å². The van der Waals surface area contributed by atoms with Crippen LogP contribution in [0, 0.1) is 18.3 Å². The molecule has 0 aliphatic carbocycles. The highest BCUT2D eigenvalue weighted by Gasteiger charge is 2.23. The van der Waals surface area contributed by atoms with Gasteiger partial charge in [-0.1, -0.05) is 54.7 Å². The molecular weight excluding hydrogens is 629 g/mol. The number of hydrogen-bond donors (Lipinski definition) is 2. The van der Waals surface area contributed by atoms with E-state index in [9.17, 15) is 23.3 Å². The number of nitrogens with zero attached hydrogens (tertiary/aromatic N) is 3. The summed E-state index contributed by atoms with van der Waals surface area (Å²) in [5.74, 6) is -0.597. The maximum atomic E-state index is 13.5. The topological polar surface area (TPSA) is 152 Å². The van der Waals surface area contributed by atoms with Crippen molar-refractivity contribution in [3.63, 3.8) is 0 Å². The summed E-state index contributed by atoms with van der Waals surface area (Å²) in [5.41, 5.74) is 4.31. The lowest BCUT2D eigenvalue weighted by Gasteiger charge is -2.13. The van der Waals surface area contributed by atoms with Gasteiger partial charge in [-0.25, -0.2) is 17.2 Å². The standard InChI is InChI=1S/C30H27Cl2N5O6S/c1-5-42-30(39)34-29(38)26(15-33)36-35-19-12-24(31)28(25(32)13-19)43-20-8-11-27-22(14-20)23(17(2)3)16-37(27)44(40,41)21-9-6-18(4)7-10-21/h6-14,16-17,35H,5H2,1-4H3,(H,34,38,39)/b36-26-. The van der Waals surface area contributed by atoms with Crippen molar-refractivity contribution in [2.45, 2.75) is 38.5 Å². The predicted molar refractivity (Wildman–Crippen MR) is 168 cm³/mol. The molecule has 0 radical (unpaired) electrons. The fourth-order valence-electron chi connectivity index (χ4n) is 4.16. The first-order valence-electron chi connectivity index (χ1n) is 13.2. The van der Waals surface area contributed by atoms with Crippen molar-refractivity contribution < 1.29 is 27.5 Å². The minimum atomic E-state index is -3.86. The maximum Gasteiger partial charge on any atom is 0.414 e. The lowest BCUT2D eigenvalue weighted by molar-refractivity contribution is -0.114. The first kappa shape index (κ1) is 32.3. The number of aromatic nitrogens is 1. The Morgan fingerprint density at radius 3 is 2.32 bits per heavy atom. The number of rotatable bonds is 9. The molecule has 11 nitrogen and oxygen atoms in total. The lowest BCUT2D eigenvalue weighted by atomic mass is 10.0. The van der Waals surface area contributed by atoms with E-state index in [1.165, 1.54) is 16.1 Å². The van der Waals surface area contributed by atoms with Gasteiger partial charge in [-0.05, 0) is 67.8 Å². The monoisotopic (exact) mass is 655 g/mol. The molecule has 0 aliphatic rings. The predicted octanol–water partition coefficient (Wildman–Crippen LogP) is 6.97. The van der Waals surface area contributed by atoms with Crippen LogP contribution >= 0.6 is 23.2 Å². The first-order valence-corrected chi connectivity index (χ1v) is 15.4. The van der Waals surface area contributed by atoms with Gasteiger partial charge in [-0.15, -0.1) is 0 Å². The normalized spacial score (nSPS) is 11.7. The average molecular weight is 657 g/mol. The molecule has 0 atom stereocenters. The molecule has 1 heterocycles. The van der Waals surface area contributed by atoms with Crippen LogP contribution < -0.4 is 15.5 Å². The zero-order valence-corrected chi connectivity index (χ0v) is 26.3. The first-order chi connectivity index (χ1) is 20.8. The molecule has 0 aliphatic heterocycles. The van der Waals surface area contributed by atoms with Gasteiger partial charge >= 0.3 is 6.09 Å². The van der Waals surface area contributed by atoms with E-state index in [0.29, 0.717) is 16.7 Å². The molecule has 14 heteroatoms. The number of aryl methyl sites for hydroxylation is 1. The third-order valence-corrected chi connectivity index (χ3v) is 8.55. The van der Waals surface area contributed by atoms with E-state index in [4.69, 9.17) is 27.9 Å². The summed E-state index contributed by atoms with van der Waals surface area (Å²) in [4.78, 5) is 23.7. The van der Waals surface area contributed by atoms with E-state index in [-0.39, 0.29) is 38.9 Å². The van der Waals surface area contributed by atoms with Crippen molar-refractivity contribution in [2.24, 2.45) is 5.10 Å². The Morgan fingerprint density at radius 2 is 1.73 bits per heavy atom.